The molecule has 1 atom stereocenters. The van der Waals surface area contributed by atoms with Crippen molar-refractivity contribution in [3.05, 3.63) is 39.7 Å². The summed E-state index contributed by atoms with van der Waals surface area (Å²) in [4.78, 5) is 11.5. The summed E-state index contributed by atoms with van der Waals surface area (Å²) in [5, 5.41) is 10.1. The van der Waals surface area contributed by atoms with Gasteiger partial charge in [-0.2, -0.15) is 0 Å². The predicted molar refractivity (Wildman–Crippen MR) is 127 cm³/mol. The quantitative estimate of drug-likeness (QED) is 0.326. The van der Waals surface area contributed by atoms with Crippen molar-refractivity contribution in [2.45, 2.75) is 52.1 Å². The summed E-state index contributed by atoms with van der Waals surface area (Å²) in [6.45, 7) is 10.0. The van der Waals surface area contributed by atoms with E-state index in [1.54, 1.807) is 18.4 Å². The summed E-state index contributed by atoms with van der Waals surface area (Å²) in [6.07, 6.45) is 2.51. The fraction of sp³-hybridized carbons (Fsp3) is 0.600. The van der Waals surface area contributed by atoms with E-state index in [4.69, 9.17) is 4.42 Å². The van der Waals surface area contributed by atoms with Crippen LogP contribution in [0.3, 0.4) is 0 Å². The van der Waals surface area contributed by atoms with Gasteiger partial charge in [0.15, 0.2) is 5.96 Å². The summed E-state index contributed by atoms with van der Waals surface area (Å²) in [5.74, 6) is 3.24. The van der Waals surface area contributed by atoms with Gasteiger partial charge in [0, 0.05) is 19.0 Å². The smallest absolute Gasteiger partial charge is 0.191 e. The Morgan fingerprint density at radius 2 is 2.04 bits per heavy atom. The maximum atomic E-state index is 5.93. The highest BCUT2D eigenvalue weighted by Crippen LogP contribution is 2.26. The van der Waals surface area contributed by atoms with Crippen LogP contribution in [0, 0.1) is 6.92 Å². The maximum absolute atomic E-state index is 5.93. The molecule has 0 amide bonds. The highest BCUT2D eigenvalue weighted by atomic mass is 127. The average Bonchev–Trinajstić information content (AvgIpc) is 3.40. The molecular weight excluding hydrogens is 485 g/mol. The van der Waals surface area contributed by atoms with E-state index in [9.17, 15) is 0 Å². The molecule has 1 fully saturated rings. The number of guanidine groups is 1. The number of nitrogens with one attached hydrogen (secondary N) is 2. The minimum atomic E-state index is 0. The van der Waals surface area contributed by atoms with Crippen molar-refractivity contribution in [3.8, 4) is 0 Å². The Morgan fingerprint density at radius 1 is 1.29 bits per heavy atom. The molecule has 0 aliphatic carbocycles. The molecule has 2 aromatic heterocycles. The fourth-order valence-electron chi connectivity index (χ4n) is 3.34. The van der Waals surface area contributed by atoms with Crippen LogP contribution in [0.5, 0.6) is 0 Å². The van der Waals surface area contributed by atoms with Gasteiger partial charge in [-0.15, -0.1) is 35.3 Å². The van der Waals surface area contributed by atoms with E-state index in [2.05, 4.69) is 50.8 Å². The summed E-state index contributed by atoms with van der Waals surface area (Å²) < 4.78 is 5.93. The highest BCUT2D eigenvalue weighted by Gasteiger charge is 2.26. The van der Waals surface area contributed by atoms with Gasteiger partial charge >= 0.3 is 0 Å². The largest absolute Gasteiger partial charge is 0.465 e. The second kappa shape index (κ2) is 11.2. The minimum absolute atomic E-state index is 0. The van der Waals surface area contributed by atoms with Gasteiger partial charge in [0.25, 0.3) is 0 Å². The van der Waals surface area contributed by atoms with E-state index >= 15 is 0 Å². The van der Waals surface area contributed by atoms with Crippen LogP contribution in [0.4, 0.5) is 0 Å². The monoisotopic (exact) mass is 517 g/mol. The highest BCUT2D eigenvalue weighted by molar-refractivity contribution is 14.0. The Bertz CT molecular complexity index is 751. The molecule has 3 rings (SSSR count). The molecule has 0 aromatic carbocycles. The van der Waals surface area contributed by atoms with Crippen LogP contribution in [0.25, 0.3) is 0 Å². The Balaban J connectivity index is 0.00000280. The van der Waals surface area contributed by atoms with Crippen LogP contribution >= 0.6 is 35.3 Å². The summed E-state index contributed by atoms with van der Waals surface area (Å²) in [6, 6.07) is 4.37. The number of furan rings is 1. The zero-order valence-electron chi connectivity index (χ0n) is 17.2. The van der Waals surface area contributed by atoms with Gasteiger partial charge in [-0.05, 0) is 50.9 Å². The van der Waals surface area contributed by atoms with E-state index < -0.39 is 0 Å². The number of aromatic nitrogens is 1. The van der Waals surface area contributed by atoms with E-state index in [-0.39, 0.29) is 30.0 Å². The van der Waals surface area contributed by atoms with E-state index in [1.807, 2.05) is 13.0 Å². The molecule has 6 nitrogen and oxygen atoms in total. The second-order valence-corrected chi connectivity index (χ2v) is 8.28. The van der Waals surface area contributed by atoms with Gasteiger partial charge in [0.1, 0.15) is 16.5 Å². The SMILES string of the molecule is CN=C(NCc1nc(C(C)C)cs1)NCC(c1ccc(C)o1)N1CCCC1.I. The molecule has 3 heterocycles. The third-order valence-electron chi connectivity index (χ3n) is 4.93. The van der Waals surface area contributed by atoms with Crippen molar-refractivity contribution in [2.75, 3.05) is 26.7 Å². The number of thiazole rings is 1. The Hall–Kier alpha value is -1.13. The molecule has 2 N–H and O–H groups in total. The predicted octanol–water partition coefficient (Wildman–Crippen LogP) is 4.29. The lowest BCUT2D eigenvalue weighted by molar-refractivity contribution is 0.213. The molecule has 1 saturated heterocycles. The fourth-order valence-corrected chi connectivity index (χ4v) is 4.24. The van der Waals surface area contributed by atoms with Gasteiger partial charge in [0.2, 0.25) is 0 Å². The lowest BCUT2D eigenvalue weighted by Crippen LogP contribution is -2.42. The Labute approximate surface area is 189 Å². The third kappa shape index (κ3) is 6.18. The number of nitrogens with zero attached hydrogens (tertiary/aromatic N) is 3. The first kappa shape index (κ1) is 23.2. The van der Waals surface area contributed by atoms with Gasteiger partial charge in [0.05, 0.1) is 18.3 Å². The number of likely N-dealkylation sites (tertiary alicyclic amines) is 1. The first-order chi connectivity index (χ1) is 13.1. The van der Waals surface area contributed by atoms with Crippen LogP contribution < -0.4 is 10.6 Å². The summed E-state index contributed by atoms with van der Waals surface area (Å²) in [7, 11) is 1.80. The molecule has 1 aliphatic heterocycles. The lowest BCUT2D eigenvalue weighted by Gasteiger charge is -2.26. The number of aryl methyl sites for hydroxylation is 1. The third-order valence-corrected chi connectivity index (χ3v) is 5.79. The normalized spacial score (nSPS) is 16.2. The molecule has 0 spiro atoms. The van der Waals surface area contributed by atoms with Gasteiger partial charge in [-0.25, -0.2) is 4.98 Å². The van der Waals surface area contributed by atoms with Gasteiger partial charge in [-0.3, -0.25) is 9.89 Å². The first-order valence-electron chi connectivity index (χ1n) is 9.76. The number of aliphatic imine (C=N–C) groups is 1. The molecule has 0 bridgehead atoms. The second-order valence-electron chi connectivity index (χ2n) is 7.33. The van der Waals surface area contributed by atoms with Crippen LogP contribution in [0.1, 0.15) is 60.9 Å². The standard InChI is InChI=1S/C20H31N5OS.HI/c1-14(2)16-13-27-19(24-16)12-23-20(21-4)22-11-17(25-9-5-6-10-25)18-8-7-15(3)26-18;/h7-8,13-14,17H,5-6,9-12H2,1-4H3,(H2,21,22,23);1H. The zero-order valence-corrected chi connectivity index (χ0v) is 20.3. The molecule has 0 saturated carbocycles. The van der Waals surface area contributed by atoms with Crippen LogP contribution in [0.15, 0.2) is 26.9 Å². The zero-order chi connectivity index (χ0) is 19.2. The van der Waals surface area contributed by atoms with Gasteiger partial charge in [-0.1, -0.05) is 13.8 Å². The van der Waals surface area contributed by atoms with Gasteiger partial charge < -0.3 is 15.1 Å². The average molecular weight is 517 g/mol. The van der Waals surface area contributed by atoms with Crippen molar-refractivity contribution >= 4 is 41.3 Å². The summed E-state index contributed by atoms with van der Waals surface area (Å²) in [5.41, 5.74) is 1.15. The van der Waals surface area contributed by atoms with E-state index in [0.717, 1.165) is 47.8 Å². The molecular formula is C20H32IN5OS. The number of halogens is 1. The minimum Gasteiger partial charge on any atom is -0.465 e. The van der Waals surface area contributed by atoms with Crippen LogP contribution in [-0.4, -0.2) is 42.5 Å². The van der Waals surface area contributed by atoms with E-state index in [0.29, 0.717) is 12.5 Å². The van der Waals surface area contributed by atoms with Crippen LogP contribution in [0.2, 0.25) is 0 Å². The van der Waals surface area contributed by atoms with Crippen molar-refractivity contribution in [1.82, 2.24) is 20.5 Å². The topological polar surface area (TPSA) is 65.7 Å². The van der Waals surface area contributed by atoms with Crippen molar-refractivity contribution < 1.29 is 4.42 Å². The maximum Gasteiger partial charge on any atom is 0.191 e. The number of hydrogen-bond acceptors (Lipinski definition) is 5. The number of rotatable bonds is 7. The molecule has 1 aliphatic rings. The lowest BCUT2D eigenvalue weighted by atomic mass is 10.2. The van der Waals surface area contributed by atoms with E-state index in [1.165, 1.54) is 12.8 Å². The van der Waals surface area contributed by atoms with Crippen molar-refractivity contribution in [1.29, 1.82) is 0 Å². The molecule has 2 aromatic rings. The first-order valence-corrected chi connectivity index (χ1v) is 10.6. The molecule has 28 heavy (non-hydrogen) atoms. The van der Waals surface area contributed by atoms with Crippen LogP contribution in [-0.2, 0) is 6.54 Å². The molecule has 0 radical (unpaired) electrons. The molecule has 1 unspecified atom stereocenters. The van der Waals surface area contributed by atoms with Crippen molar-refractivity contribution in [3.63, 3.8) is 0 Å². The Kier molecular flexibility index (Phi) is 9.23. The Morgan fingerprint density at radius 3 is 2.61 bits per heavy atom. The molecule has 156 valence electrons. The molecule has 8 heteroatoms. The number of hydrogen-bond donors (Lipinski definition) is 2. The van der Waals surface area contributed by atoms with Crippen molar-refractivity contribution in [2.24, 2.45) is 4.99 Å². The summed E-state index contributed by atoms with van der Waals surface area (Å²) >= 11 is 1.70.